The summed E-state index contributed by atoms with van der Waals surface area (Å²) in [6.45, 7) is 0.268. The SMILES string of the molecule is CN(CC(=O)Nc1ccc(F)c(F)c1)C1CCCCCC1. The van der Waals surface area contributed by atoms with E-state index in [2.05, 4.69) is 10.2 Å². The van der Waals surface area contributed by atoms with Gasteiger partial charge in [-0.05, 0) is 32.0 Å². The van der Waals surface area contributed by atoms with Crippen molar-refractivity contribution in [1.29, 1.82) is 0 Å². The number of likely N-dealkylation sites (N-methyl/N-ethyl adjacent to an activating group) is 1. The second-order valence-corrected chi connectivity index (χ2v) is 5.74. The third-order valence-electron chi connectivity index (χ3n) is 4.04. The predicted octanol–water partition coefficient (Wildman–Crippen LogP) is 3.56. The molecule has 5 heteroatoms. The zero-order chi connectivity index (χ0) is 15.2. The molecule has 1 aliphatic carbocycles. The molecule has 0 radical (unpaired) electrons. The molecule has 0 unspecified atom stereocenters. The van der Waals surface area contributed by atoms with Gasteiger partial charge in [0.15, 0.2) is 11.6 Å². The number of carbonyl (C=O) groups is 1. The van der Waals surface area contributed by atoms with Gasteiger partial charge in [-0.15, -0.1) is 0 Å². The molecule has 0 bridgehead atoms. The first-order valence-corrected chi connectivity index (χ1v) is 7.51. The molecular formula is C16H22F2N2O. The lowest BCUT2D eigenvalue weighted by Crippen LogP contribution is -2.37. The molecule has 0 aliphatic heterocycles. The highest BCUT2D eigenvalue weighted by Gasteiger charge is 2.19. The van der Waals surface area contributed by atoms with Gasteiger partial charge in [0.05, 0.1) is 6.54 Å². The summed E-state index contributed by atoms with van der Waals surface area (Å²) in [5.74, 6) is -2.07. The summed E-state index contributed by atoms with van der Waals surface area (Å²) in [4.78, 5) is 14.0. The Morgan fingerprint density at radius 2 is 1.86 bits per heavy atom. The zero-order valence-electron chi connectivity index (χ0n) is 12.4. The molecule has 1 aromatic carbocycles. The van der Waals surface area contributed by atoms with Gasteiger partial charge in [0.1, 0.15) is 0 Å². The molecule has 1 amide bonds. The minimum atomic E-state index is -0.954. The molecular weight excluding hydrogens is 274 g/mol. The van der Waals surface area contributed by atoms with E-state index in [1.54, 1.807) is 0 Å². The Bertz CT molecular complexity index is 485. The van der Waals surface area contributed by atoms with Crippen molar-refractivity contribution in [1.82, 2.24) is 4.90 Å². The number of hydrogen-bond donors (Lipinski definition) is 1. The second-order valence-electron chi connectivity index (χ2n) is 5.74. The highest BCUT2D eigenvalue weighted by Crippen LogP contribution is 2.21. The van der Waals surface area contributed by atoms with Crippen molar-refractivity contribution < 1.29 is 13.6 Å². The lowest BCUT2D eigenvalue weighted by Gasteiger charge is -2.26. The molecule has 0 spiro atoms. The Kier molecular flexibility index (Phi) is 5.67. The molecule has 0 saturated heterocycles. The molecule has 1 saturated carbocycles. The quantitative estimate of drug-likeness (QED) is 0.862. The van der Waals surface area contributed by atoms with Crippen LogP contribution in [-0.2, 0) is 4.79 Å². The van der Waals surface area contributed by atoms with E-state index in [-0.39, 0.29) is 18.1 Å². The van der Waals surface area contributed by atoms with E-state index in [1.807, 2.05) is 7.05 Å². The minimum Gasteiger partial charge on any atom is -0.325 e. The molecule has 0 heterocycles. The fraction of sp³-hybridized carbons (Fsp3) is 0.562. The van der Waals surface area contributed by atoms with Crippen LogP contribution in [0.5, 0.6) is 0 Å². The van der Waals surface area contributed by atoms with E-state index in [9.17, 15) is 13.6 Å². The van der Waals surface area contributed by atoms with E-state index in [4.69, 9.17) is 0 Å². The van der Waals surface area contributed by atoms with Crippen molar-refractivity contribution in [3.63, 3.8) is 0 Å². The topological polar surface area (TPSA) is 32.3 Å². The van der Waals surface area contributed by atoms with Crippen LogP contribution < -0.4 is 5.32 Å². The Morgan fingerprint density at radius 1 is 1.19 bits per heavy atom. The maximum absolute atomic E-state index is 13.1. The maximum atomic E-state index is 13.1. The van der Waals surface area contributed by atoms with Gasteiger partial charge in [-0.1, -0.05) is 25.7 Å². The Labute approximate surface area is 124 Å². The van der Waals surface area contributed by atoms with Crippen LogP contribution in [0, 0.1) is 11.6 Å². The summed E-state index contributed by atoms with van der Waals surface area (Å²) in [6.07, 6.45) is 7.19. The Balaban J connectivity index is 1.86. The molecule has 0 aromatic heterocycles. The third-order valence-corrected chi connectivity index (χ3v) is 4.04. The van der Waals surface area contributed by atoms with Crippen LogP contribution in [0.1, 0.15) is 38.5 Å². The number of halogens is 2. The van der Waals surface area contributed by atoms with Gasteiger partial charge in [0, 0.05) is 17.8 Å². The molecule has 1 aromatic rings. The fourth-order valence-electron chi connectivity index (χ4n) is 2.83. The van der Waals surface area contributed by atoms with E-state index in [0.29, 0.717) is 6.04 Å². The van der Waals surface area contributed by atoms with Gasteiger partial charge >= 0.3 is 0 Å². The van der Waals surface area contributed by atoms with Crippen LogP contribution in [0.25, 0.3) is 0 Å². The summed E-state index contributed by atoms with van der Waals surface area (Å²) in [5, 5.41) is 2.61. The number of benzene rings is 1. The predicted molar refractivity (Wildman–Crippen MR) is 79.1 cm³/mol. The van der Waals surface area contributed by atoms with Gasteiger partial charge in [-0.25, -0.2) is 8.78 Å². The molecule has 0 atom stereocenters. The van der Waals surface area contributed by atoms with Gasteiger partial charge in [0.2, 0.25) is 5.91 Å². The maximum Gasteiger partial charge on any atom is 0.238 e. The lowest BCUT2D eigenvalue weighted by molar-refractivity contribution is -0.117. The van der Waals surface area contributed by atoms with E-state index < -0.39 is 11.6 Å². The molecule has 1 fully saturated rings. The number of hydrogen-bond acceptors (Lipinski definition) is 2. The van der Waals surface area contributed by atoms with Crippen LogP contribution in [0.2, 0.25) is 0 Å². The fourth-order valence-corrected chi connectivity index (χ4v) is 2.83. The summed E-state index contributed by atoms with van der Waals surface area (Å²) in [6, 6.07) is 3.81. The Hall–Kier alpha value is -1.49. The number of anilines is 1. The zero-order valence-corrected chi connectivity index (χ0v) is 12.4. The number of nitrogens with one attached hydrogen (secondary N) is 1. The number of nitrogens with zero attached hydrogens (tertiary/aromatic N) is 1. The van der Waals surface area contributed by atoms with Crippen molar-refractivity contribution in [2.45, 2.75) is 44.6 Å². The molecule has 3 nitrogen and oxygen atoms in total. The van der Waals surface area contributed by atoms with Crippen LogP contribution in [0.3, 0.4) is 0 Å². The third kappa shape index (κ3) is 4.77. The summed E-state index contributed by atoms with van der Waals surface area (Å²) < 4.78 is 25.9. The highest BCUT2D eigenvalue weighted by molar-refractivity contribution is 5.92. The van der Waals surface area contributed by atoms with Gasteiger partial charge in [0.25, 0.3) is 0 Å². The summed E-state index contributed by atoms with van der Waals surface area (Å²) in [5.41, 5.74) is 0.285. The van der Waals surface area contributed by atoms with E-state index >= 15 is 0 Å². The first kappa shape index (κ1) is 15.9. The molecule has 2 rings (SSSR count). The van der Waals surface area contributed by atoms with Crippen LogP contribution >= 0.6 is 0 Å². The van der Waals surface area contributed by atoms with Crippen molar-refractivity contribution >= 4 is 11.6 Å². The van der Waals surface area contributed by atoms with Crippen molar-refractivity contribution in [2.75, 3.05) is 18.9 Å². The summed E-state index contributed by atoms with van der Waals surface area (Å²) >= 11 is 0. The molecule has 1 N–H and O–H groups in total. The van der Waals surface area contributed by atoms with Crippen molar-refractivity contribution in [3.8, 4) is 0 Å². The highest BCUT2D eigenvalue weighted by atomic mass is 19.2. The first-order chi connectivity index (χ1) is 10.1. The first-order valence-electron chi connectivity index (χ1n) is 7.51. The van der Waals surface area contributed by atoms with Gasteiger partial charge in [-0.3, -0.25) is 9.69 Å². The smallest absolute Gasteiger partial charge is 0.238 e. The number of carbonyl (C=O) groups excluding carboxylic acids is 1. The average molecular weight is 296 g/mol. The largest absolute Gasteiger partial charge is 0.325 e. The second kappa shape index (κ2) is 7.50. The standard InChI is InChI=1S/C16H22F2N2O/c1-20(13-6-4-2-3-5-7-13)11-16(21)19-12-8-9-14(17)15(18)10-12/h8-10,13H,2-7,11H2,1H3,(H,19,21). The van der Waals surface area contributed by atoms with Crippen LogP contribution in [0.15, 0.2) is 18.2 Å². The number of amides is 1. The van der Waals surface area contributed by atoms with Crippen LogP contribution in [0.4, 0.5) is 14.5 Å². The average Bonchev–Trinajstić information content (AvgIpc) is 2.72. The molecule has 21 heavy (non-hydrogen) atoms. The van der Waals surface area contributed by atoms with E-state index in [0.717, 1.165) is 25.0 Å². The Morgan fingerprint density at radius 3 is 2.48 bits per heavy atom. The lowest BCUT2D eigenvalue weighted by atomic mass is 10.1. The normalized spacial score (nSPS) is 16.8. The van der Waals surface area contributed by atoms with Gasteiger partial charge < -0.3 is 5.32 Å². The van der Waals surface area contributed by atoms with E-state index in [1.165, 1.54) is 31.7 Å². The summed E-state index contributed by atoms with van der Waals surface area (Å²) in [7, 11) is 1.95. The minimum absolute atomic E-state index is 0.201. The van der Waals surface area contributed by atoms with Gasteiger partial charge in [-0.2, -0.15) is 0 Å². The van der Waals surface area contributed by atoms with Crippen LogP contribution in [-0.4, -0.2) is 30.4 Å². The van der Waals surface area contributed by atoms with Crippen molar-refractivity contribution in [2.24, 2.45) is 0 Å². The molecule has 1 aliphatic rings. The number of rotatable bonds is 4. The van der Waals surface area contributed by atoms with Crippen molar-refractivity contribution in [3.05, 3.63) is 29.8 Å². The molecule has 116 valence electrons. The monoisotopic (exact) mass is 296 g/mol.